The first-order valence-electron chi connectivity index (χ1n) is 22.8. The average molecular weight is 839 g/mol. The molecule has 0 spiro atoms. The van der Waals surface area contributed by atoms with Crippen molar-refractivity contribution in [2.45, 2.75) is 0 Å². The van der Waals surface area contributed by atoms with Gasteiger partial charge in [0.2, 0.25) is 0 Å². The highest BCUT2D eigenvalue weighted by atomic mass is 15.0. The Bertz CT molecular complexity index is 4160. The lowest BCUT2D eigenvalue weighted by Crippen LogP contribution is -2.02. The van der Waals surface area contributed by atoms with E-state index in [9.17, 15) is 0 Å². The maximum Gasteiger partial charge on any atom is 0.0620 e. The van der Waals surface area contributed by atoms with Crippen molar-refractivity contribution in [3.05, 3.63) is 231 Å². The molecular weight excluding hydrogens is 801 g/mol. The maximum absolute atomic E-state index is 2.56. The fourth-order valence-corrected chi connectivity index (χ4v) is 11.8. The van der Waals surface area contributed by atoms with Crippen LogP contribution in [0.1, 0.15) is 0 Å². The Hall–Kier alpha value is -8.86. The summed E-state index contributed by atoms with van der Waals surface area (Å²) in [6, 6.07) is 84.9. The monoisotopic (exact) mass is 838 g/mol. The van der Waals surface area contributed by atoms with Crippen molar-refractivity contribution in [1.29, 1.82) is 0 Å². The highest BCUT2D eigenvalue weighted by Crippen LogP contribution is 2.48. The van der Waals surface area contributed by atoms with E-state index < -0.39 is 0 Å². The number of hydrogen-bond acceptors (Lipinski definition) is 0. The summed E-state index contributed by atoms with van der Waals surface area (Å²) in [6.07, 6.45) is 0. The van der Waals surface area contributed by atoms with Gasteiger partial charge in [-0.15, -0.1) is 0 Å². The van der Waals surface area contributed by atoms with Crippen LogP contribution in [0.2, 0.25) is 0 Å². The van der Waals surface area contributed by atoms with Crippen molar-refractivity contribution in [1.82, 2.24) is 18.3 Å². The molecular formula is C62H38N4. The van der Waals surface area contributed by atoms with Crippen LogP contribution in [0.5, 0.6) is 0 Å². The van der Waals surface area contributed by atoms with Gasteiger partial charge < -0.3 is 18.3 Å². The zero-order valence-electron chi connectivity index (χ0n) is 35.7. The van der Waals surface area contributed by atoms with Crippen molar-refractivity contribution < 1.29 is 0 Å². The van der Waals surface area contributed by atoms with Crippen molar-refractivity contribution >= 4 is 109 Å². The molecule has 0 saturated heterocycles. The number of fused-ring (bicyclic) bond motifs is 16. The molecule has 0 aliphatic heterocycles. The van der Waals surface area contributed by atoms with Gasteiger partial charge in [0.1, 0.15) is 0 Å². The molecule has 15 rings (SSSR count). The van der Waals surface area contributed by atoms with Crippen molar-refractivity contribution in [2.24, 2.45) is 0 Å². The molecule has 306 valence electrons. The second kappa shape index (κ2) is 13.3. The molecule has 4 aromatic heterocycles. The Morgan fingerprint density at radius 2 is 0.394 bits per heavy atom. The first kappa shape index (κ1) is 35.6. The molecule has 4 heteroatoms. The molecule has 0 atom stereocenters. The van der Waals surface area contributed by atoms with E-state index in [1.54, 1.807) is 0 Å². The normalized spacial score (nSPS) is 12.2. The standard InChI is InChI=1S/C62H38N4/c1-3-19-39(20-4-1)63-49-31-15-11-27-45(49)57-53(63)35-37-55-59(57)47-29-13-17-33-51(47)65(55)61-41-23-7-9-25-43(41)62(44-26-10-8-24-42(44)61)66-52-34-18-14-30-48(52)60-56(66)38-36-54-58(60)46-28-12-16-32-50(46)64(54)40-21-5-2-6-22-40/h1-38H. The van der Waals surface area contributed by atoms with Crippen LogP contribution in [-0.2, 0) is 0 Å². The summed E-state index contributed by atoms with van der Waals surface area (Å²) in [5, 5.41) is 14.9. The molecule has 11 aromatic carbocycles. The van der Waals surface area contributed by atoms with Gasteiger partial charge in [0, 0.05) is 76.0 Å². The second-order valence-corrected chi connectivity index (χ2v) is 17.6. The van der Waals surface area contributed by atoms with Crippen LogP contribution in [0, 0.1) is 0 Å². The summed E-state index contributed by atoms with van der Waals surface area (Å²) in [4.78, 5) is 0. The number of para-hydroxylation sites is 6. The van der Waals surface area contributed by atoms with Crippen LogP contribution in [0.15, 0.2) is 231 Å². The van der Waals surface area contributed by atoms with Crippen LogP contribution in [0.4, 0.5) is 0 Å². The van der Waals surface area contributed by atoms with Crippen LogP contribution in [-0.4, -0.2) is 18.3 Å². The molecule has 4 heterocycles. The van der Waals surface area contributed by atoms with E-state index in [1.807, 2.05) is 0 Å². The molecule has 0 aliphatic rings. The minimum Gasteiger partial charge on any atom is -0.309 e. The Morgan fingerprint density at radius 1 is 0.167 bits per heavy atom. The number of nitrogens with zero attached hydrogens (tertiary/aromatic N) is 4. The van der Waals surface area contributed by atoms with Crippen molar-refractivity contribution in [3.8, 4) is 22.7 Å². The Labute approximate surface area is 378 Å². The summed E-state index contributed by atoms with van der Waals surface area (Å²) in [6.45, 7) is 0. The largest absolute Gasteiger partial charge is 0.309 e. The minimum absolute atomic E-state index is 1.16. The third kappa shape index (κ3) is 4.61. The molecule has 0 fully saturated rings. The summed E-state index contributed by atoms with van der Waals surface area (Å²) >= 11 is 0. The number of rotatable bonds is 4. The number of hydrogen-bond donors (Lipinski definition) is 0. The molecule has 15 aromatic rings. The molecule has 0 saturated carbocycles. The lowest BCUT2D eigenvalue weighted by Gasteiger charge is -2.21. The molecule has 0 radical (unpaired) electrons. The molecule has 4 nitrogen and oxygen atoms in total. The highest BCUT2D eigenvalue weighted by Gasteiger charge is 2.26. The topological polar surface area (TPSA) is 19.7 Å². The van der Waals surface area contributed by atoms with Crippen LogP contribution in [0.25, 0.3) is 132 Å². The highest BCUT2D eigenvalue weighted by molar-refractivity contribution is 6.32. The van der Waals surface area contributed by atoms with E-state index in [0.717, 1.165) is 11.4 Å². The lowest BCUT2D eigenvalue weighted by molar-refractivity contribution is 1.18. The van der Waals surface area contributed by atoms with Crippen molar-refractivity contribution in [2.75, 3.05) is 0 Å². The molecule has 0 unspecified atom stereocenters. The Balaban J connectivity index is 1.08. The summed E-state index contributed by atoms with van der Waals surface area (Å²) in [5.41, 5.74) is 14.3. The zero-order valence-corrected chi connectivity index (χ0v) is 35.7. The second-order valence-electron chi connectivity index (χ2n) is 17.6. The fraction of sp³-hybridized carbons (Fsp3) is 0. The third-order valence-corrected chi connectivity index (χ3v) is 14.3. The SMILES string of the molecule is c1ccc(-n2c3ccccc3c3c4c5ccccc5n(-c5c6ccccc6c(-n6c7ccccc7c7c8c9ccccc9n(-c9ccccc9)c8ccc76)c6ccccc56)c4ccc32)cc1. The van der Waals surface area contributed by atoms with E-state index in [4.69, 9.17) is 0 Å². The molecule has 66 heavy (non-hydrogen) atoms. The molecule has 0 aliphatic carbocycles. The number of aromatic nitrogens is 4. The van der Waals surface area contributed by atoms with E-state index in [1.165, 1.54) is 120 Å². The number of benzene rings is 11. The fourth-order valence-electron chi connectivity index (χ4n) is 11.8. The van der Waals surface area contributed by atoms with E-state index in [-0.39, 0.29) is 0 Å². The van der Waals surface area contributed by atoms with Gasteiger partial charge in [-0.2, -0.15) is 0 Å². The predicted octanol–water partition coefficient (Wildman–Crippen LogP) is 16.4. The van der Waals surface area contributed by atoms with E-state index >= 15 is 0 Å². The van der Waals surface area contributed by atoms with Crippen LogP contribution < -0.4 is 0 Å². The Kier molecular flexibility index (Phi) is 7.19. The van der Waals surface area contributed by atoms with E-state index in [0.29, 0.717) is 0 Å². The quantitative estimate of drug-likeness (QED) is 0.157. The first-order chi connectivity index (χ1) is 32.8. The first-order valence-corrected chi connectivity index (χ1v) is 22.8. The molecule has 0 amide bonds. The lowest BCUT2D eigenvalue weighted by atomic mass is 9.97. The smallest absolute Gasteiger partial charge is 0.0620 e. The summed E-state index contributed by atoms with van der Waals surface area (Å²) in [7, 11) is 0. The summed E-state index contributed by atoms with van der Waals surface area (Å²) in [5.74, 6) is 0. The summed E-state index contributed by atoms with van der Waals surface area (Å²) < 4.78 is 9.96. The van der Waals surface area contributed by atoms with Gasteiger partial charge in [-0.05, 0) is 72.8 Å². The van der Waals surface area contributed by atoms with Gasteiger partial charge in [0.25, 0.3) is 0 Å². The minimum atomic E-state index is 1.16. The van der Waals surface area contributed by atoms with Crippen LogP contribution in [0.3, 0.4) is 0 Å². The maximum atomic E-state index is 2.56. The van der Waals surface area contributed by atoms with Gasteiger partial charge in [-0.1, -0.05) is 158 Å². The predicted molar refractivity (Wildman–Crippen MR) is 279 cm³/mol. The van der Waals surface area contributed by atoms with E-state index in [2.05, 4.69) is 249 Å². The van der Waals surface area contributed by atoms with Crippen LogP contribution >= 0.6 is 0 Å². The Morgan fingerprint density at radius 3 is 0.697 bits per heavy atom. The van der Waals surface area contributed by atoms with Gasteiger partial charge in [0.05, 0.1) is 55.5 Å². The van der Waals surface area contributed by atoms with Gasteiger partial charge >= 0.3 is 0 Å². The third-order valence-electron chi connectivity index (χ3n) is 14.3. The van der Waals surface area contributed by atoms with Crippen molar-refractivity contribution in [3.63, 3.8) is 0 Å². The van der Waals surface area contributed by atoms with Gasteiger partial charge in [-0.3, -0.25) is 0 Å². The molecule has 0 bridgehead atoms. The van der Waals surface area contributed by atoms with Gasteiger partial charge in [-0.25, -0.2) is 0 Å². The molecule has 0 N–H and O–H groups in total. The zero-order chi connectivity index (χ0) is 43.0. The average Bonchev–Trinajstić information content (AvgIpc) is 4.11. The van der Waals surface area contributed by atoms with Gasteiger partial charge in [0.15, 0.2) is 0 Å².